The first-order chi connectivity index (χ1) is 4.15. The number of aliphatic hydroxyl groups is 2. The molecule has 1 aliphatic heterocycles. The van der Waals surface area contributed by atoms with E-state index in [0.717, 1.165) is 13.0 Å². The van der Waals surface area contributed by atoms with Crippen molar-refractivity contribution in [1.29, 1.82) is 0 Å². The van der Waals surface area contributed by atoms with Gasteiger partial charge in [-0.1, -0.05) is 0 Å². The summed E-state index contributed by atoms with van der Waals surface area (Å²) >= 11 is 0. The van der Waals surface area contributed by atoms with Crippen LogP contribution in [0.2, 0.25) is 0 Å². The van der Waals surface area contributed by atoms with Gasteiger partial charge in [0.1, 0.15) is 5.72 Å². The Labute approximate surface area is 54.7 Å². The molecular formula is C6H13NO2. The van der Waals surface area contributed by atoms with Crippen LogP contribution in [0, 0.1) is 0 Å². The molecule has 1 saturated heterocycles. The minimum absolute atomic E-state index is 0.657. The fourth-order valence-electron chi connectivity index (χ4n) is 1.11. The second-order valence-electron chi connectivity index (χ2n) is 2.63. The summed E-state index contributed by atoms with van der Waals surface area (Å²) < 4.78 is 0. The predicted octanol–water partition coefficient (Wildman–Crippen LogP) is -0.561. The van der Waals surface area contributed by atoms with Crippen LogP contribution in [0.15, 0.2) is 0 Å². The Hall–Kier alpha value is -0.120. The topological polar surface area (TPSA) is 52.5 Å². The van der Waals surface area contributed by atoms with Crippen molar-refractivity contribution in [1.82, 2.24) is 5.32 Å². The van der Waals surface area contributed by atoms with Crippen molar-refractivity contribution in [3.8, 4) is 0 Å². The van der Waals surface area contributed by atoms with Gasteiger partial charge in [0, 0.05) is 0 Å². The van der Waals surface area contributed by atoms with Crippen LogP contribution in [0.25, 0.3) is 0 Å². The smallest absolute Gasteiger partial charge is 0.141 e. The summed E-state index contributed by atoms with van der Waals surface area (Å²) in [4.78, 5) is 0. The molecule has 2 atom stereocenters. The summed E-state index contributed by atoms with van der Waals surface area (Å²) in [5, 5.41) is 21.2. The Bertz CT molecular complexity index is 97.2. The highest BCUT2D eigenvalue weighted by atomic mass is 16.4. The third-order valence-corrected chi connectivity index (χ3v) is 1.86. The highest BCUT2D eigenvalue weighted by molar-refractivity contribution is 4.86. The quantitative estimate of drug-likeness (QED) is 0.447. The highest BCUT2D eigenvalue weighted by Gasteiger charge is 2.35. The lowest BCUT2D eigenvalue weighted by atomic mass is 10.1. The fourth-order valence-corrected chi connectivity index (χ4v) is 1.11. The van der Waals surface area contributed by atoms with E-state index in [-0.39, 0.29) is 0 Å². The van der Waals surface area contributed by atoms with Gasteiger partial charge in [0.05, 0.1) is 6.10 Å². The van der Waals surface area contributed by atoms with Gasteiger partial charge in [-0.3, -0.25) is 5.32 Å². The molecule has 3 heteroatoms. The van der Waals surface area contributed by atoms with Crippen LogP contribution in [0.5, 0.6) is 0 Å². The average Bonchev–Trinajstić information content (AvgIpc) is 2.16. The molecule has 1 heterocycles. The second kappa shape index (κ2) is 2.25. The molecule has 1 aliphatic rings. The van der Waals surface area contributed by atoms with Crippen molar-refractivity contribution in [2.45, 2.75) is 31.6 Å². The third kappa shape index (κ3) is 1.23. The minimum Gasteiger partial charge on any atom is -0.389 e. The van der Waals surface area contributed by atoms with E-state index < -0.39 is 11.8 Å². The van der Waals surface area contributed by atoms with E-state index in [1.54, 1.807) is 6.92 Å². The van der Waals surface area contributed by atoms with Gasteiger partial charge in [-0.05, 0) is 26.3 Å². The molecule has 0 bridgehead atoms. The molecule has 0 aliphatic carbocycles. The maximum Gasteiger partial charge on any atom is 0.141 e. The van der Waals surface area contributed by atoms with Gasteiger partial charge in [-0.25, -0.2) is 0 Å². The molecule has 0 aromatic carbocycles. The molecule has 54 valence electrons. The Balaban J connectivity index is 2.51. The molecule has 0 aromatic rings. The average molecular weight is 131 g/mol. The van der Waals surface area contributed by atoms with Gasteiger partial charge in [0.25, 0.3) is 0 Å². The van der Waals surface area contributed by atoms with E-state index in [1.807, 2.05) is 0 Å². The first kappa shape index (κ1) is 6.99. The normalized spacial score (nSPS) is 39.0. The fraction of sp³-hybridized carbons (Fsp3) is 1.00. The van der Waals surface area contributed by atoms with E-state index in [0.29, 0.717) is 6.42 Å². The first-order valence-corrected chi connectivity index (χ1v) is 3.30. The molecule has 3 N–H and O–H groups in total. The standard InChI is InChI=1S/C6H13NO2/c1-5(8)6(9)3-2-4-7-6/h5,7-9H,2-4H2,1H3. The second-order valence-corrected chi connectivity index (χ2v) is 2.63. The van der Waals surface area contributed by atoms with Crippen LogP contribution < -0.4 is 5.32 Å². The largest absolute Gasteiger partial charge is 0.389 e. The molecule has 9 heavy (non-hydrogen) atoms. The lowest BCUT2D eigenvalue weighted by Crippen LogP contribution is -2.48. The summed E-state index contributed by atoms with van der Waals surface area (Å²) in [6.45, 7) is 2.40. The number of nitrogens with one attached hydrogen (secondary N) is 1. The van der Waals surface area contributed by atoms with Crippen LogP contribution in [0.4, 0.5) is 0 Å². The maximum absolute atomic E-state index is 9.41. The molecule has 2 unspecified atom stereocenters. The predicted molar refractivity (Wildman–Crippen MR) is 33.9 cm³/mol. The highest BCUT2D eigenvalue weighted by Crippen LogP contribution is 2.19. The van der Waals surface area contributed by atoms with Gasteiger partial charge in [0.2, 0.25) is 0 Å². The Morgan fingerprint density at radius 2 is 2.33 bits per heavy atom. The van der Waals surface area contributed by atoms with E-state index >= 15 is 0 Å². The van der Waals surface area contributed by atoms with Crippen molar-refractivity contribution in [2.24, 2.45) is 0 Å². The summed E-state index contributed by atoms with van der Waals surface area (Å²) in [6, 6.07) is 0. The third-order valence-electron chi connectivity index (χ3n) is 1.86. The van der Waals surface area contributed by atoms with Crippen LogP contribution in [0.3, 0.4) is 0 Å². The Morgan fingerprint density at radius 1 is 1.67 bits per heavy atom. The first-order valence-electron chi connectivity index (χ1n) is 3.30. The Kier molecular flexibility index (Phi) is 1.75. The number of rotatable bonds is 1. The van der Waals surface area contributed by atoms with E-state index in [1.165, 1.54) is 0 Å². The zero-order chi connectivity index (χ0) is 6.91. The summed E-state index contributed by atoms with van der Waals surface area (Å²) in [5.41, 5.74) is -1.00. The van der Waals surface area contributed by atoms with Crippen molar-refractivity contribution in [3.63, 3.8) is 0 Å². The molecule has 0 saturated carbocycles. The van der Waals surface area contributed by atoms with Crippen molar-refractivity contribution >= 4 is 0 Å². The van der Waals surface area contributed by atoms with Crippen molar-refractivity contribution < 1.29 is 10.2 Å². The van der Waals surface area contributed by atoms with E-state index in [2.05, 4.69) is 5.32 Å². The van der Waals surface area contributed by atoms with E-state index in [4.69, 9.17) is 5.11 Å². The van der Waals surface area contributed by atoms with Gasteiger partial charge >= 0.3 is 0 Å². The zero-order valence-electron chi connectivity index (χ0n) is 5.59. The van der Waals surface area contributed by atoms with Gasteiger partial charge < -0.3 is 10.2 Å². The molecule has 0 spiro atoms. The SMILES string of the molecule is CC(O)C1(O)CCCN1. The van der Waals surface area contributed by atoms with Crippen LogP contribution >= 0.6 is 0 Å². The molecule has 1 fully saturated rings. The van der Waals surface area contributed by atoms with Gasteiger partial charge in [-0.15, -0.1) is 0 Å². The van der Waals surface area contributed by atoms with Crippen LogP contribution in [0.1, 0.15) is 19.8 Å². The van der Waals surface area contributed by atoms with Crippen molar-refractivity contribution in [3.05, 3.63) is 0 Å². The summed E-state index contributed by atoms with van der Waals surface area (Å²) in [5.74, 6) is 0. The lowest BCUT2D eigenvalue weighted by Gasteiger charge is -2.25. The number of aliphatic hydroxyl groups excluding tert-OH is 1. The summed E-state index contributed by atoms with van der Waals surface area (Å²) in [6.07, 6.45) is 0.937. The van der Waals surface area contributed by atoms with E-state index in [9.17, 15) is 5.11 Å². The molecular weight excluding hydrogens is 118 g/mol. The van der Waals surface area contributed by atoms with Gasteiger partial charge in [-0.2, -0.15) is 0 Å². The molecule has 0 amide bonds. The van der Waals surface area contributed by atoms with Gasteiger partial charge in [0.15, 0.2) is 0 Å². The maximum atomic E-state index is 9.41. The van der Waals surface area contributed by atoms with Crippen LogP contribution in [-0.4, -0.2) is 28.6 Å². The Morgan fingerprint density at radius 3 is 2.56 bits per heavy atom. The molecule has 1 rings (SSSR count). The number of hydrogen-bond donors (Lipinski definition) is 3. The minimum atomic E-state index is -1.00. The lowest BCUT2D eigenvalue weighted by molar-refractivity contribution is -0.0768. The van der Waals surface area contributed by atoms with Crippen LogP contribution in [-0.2, 0) is 0 Å². The molecule has 0 aromatic heterocycles. The molecule has 3 nitrogen and oxygen atoms in total. The van der Waals surface area contributed by atoms with Crippen molar-refractivity contribution in [2.75, 3.05) is 6.54 Å². The summed E-state index contributed by atoms with van der Waals surface area (Å²) in [7, 11) is 0. The number of hydrogen-bond acceptors (Lipinski definition) is 3. The molecule has 0 radical (unpaired) electrons. The monoisotopic (exact) mass is 131 g/mol. The zero-order valence-corrected chi connectivity index (χ0v) is 5.59.